The fraction of sp³-hybridized carbons (Fsp3) is 0.120. The number of para-hydroxylation sites is 2. The summed E-state index contributed by atoms with van der Waals surface area (Å²) < 4.78 is 16.1. The Morgan fingerprint density at radius 3 is 2.36 bits per heavy atom. The Balaban J connectivity index is 1.61. The minimum absolute atomic E-state index is 0.219. The average molecular weight is 447 g/mol. The van der Waals surface area contributed by atoms with Gasteiger partial charge in [0, 0.05) is 11.8 Å². The van der Waals surface area contributed by atoms with Gasteiger partial charge in [0.15, 0.2) is 18.1 Å². The van der Waals surface area contributed by atoms with E-state index in [0.717, 1.165) is 0 Å². The summed E-state index contributed by atoms with van der Waals surface area (Å²) in [4.78, 5) is 24.5. The molecule has 0 fully saturated rings. The Bertz CT molecular complexity index is 1140. The van der Waals surface area contributed by atoms with Crippen LogP contribution in [0.1, 0.15) is 5.56 Å². The summed E-state index contributed by atoms with van der Waals surface area (Å²) in [7, 11) is 3.08. The lowest BCUT2D eigenvalue weighted by atomic mass is 10.2. The highest BCUT2D eigenvalue weighted by atomic mass is 16.5. The molecule has 0 saturated heterocycles. The van der Waals surface area contributed by atoms with Gasteiger partial charge in [-0.05, 0) is 60.2 Å². The van der Waals surface area contributed by atoms with E-state index in [-0.39, 0.29) is 18.4 Å². The van der Waals surface area contributed by atoms with Gasteiger partial charge in [0.1, 0.15) is 5.75 Å². The Morgan fingerprint density at radius 2 is 1.67 bits per heavy atom. The first-order valence-electron chi connectivity index (χ1n) is 10.1. The van der Waals surface area contributed by atoms with E-state index in [0.29, 0.717) is 39.9 Å². The molecule has 0 aromatic heterocycles. The topological polar surface area (TPSA) is 112 Å². The van der Waals surface area contributed by atoms with Gasteiger partial charge in [-0.1, -0.05) is 18.2 Å². The third-order valence-electron chi connectivity index (χ3n) is 4.57. The van der Waals surface area contributed by atoms with Crippen molar-refractivity contribution in [2.75, 3.05) is 37.2 Å². The number of amides is 2. The van der Waals surface area contributed by atoms with E-state index in [1.807, 2.05) is 0 Å². The van der Waals surface area contributed by atoms with E-state index >= 15 is 0 Å². The first-order valence-corrected chi connectivity index (χ1v) is 10.1. The molecule has 0 unspecified atom stereocenters. The number of nitrogens with one attached hydrogen (secondary N) is 2. The second-order valence-corrected chi connectivity index (χ2v) is 6.89. The average Bonchev–Trinajstić information content (AvgIpc) is 2.83. The highest BCUT2D eigenvalue weighted by Gasteiger charge is 2.09. The molecule has 0 aliphatic heterocycles. The van der Waals surface area contributed by atoms with E-state index in [9.17, 15) is 9.59 Å². The van der Waals surface area contributed by atoms with Crippen LogP contribution in [0.2, 0.25) is 0 Å². The van der Waals surface area contributed by atoms with Crippen molar-refractivity contribution in [2.24, 2.45) is 0 Å². The molecule has 0 aliphatic carbocycles. The number of nitrogen functional groups attached to an aromatic ring is 1. The Labute approximate surface area is 192 Å². The third kappa shape index (κ3) is 6.76. The van der Waals surface area contributed by atoms with Crippen molar-refractivity contribution < 1.29 is 23.8 Å². The van der Waals surface area contributed by atoms with Crippen LogP contribution in [0, 0.1) is 0 Å². The zero-order chi connectivity index (χ0) is 23.6. The van der Waals surface area contributed by atoms with Gasteiger partial charge < -0.3 is 30.6 Å². The monoisotopic (exact) mass is 447 g/mol. The van der Waals surface area contributed by atoms with Crippen molar-refractivity contribution in [3.05, 3.63) is 78.4 Å². The maximum absolute atomic E-state index is 12.3. The minimum Gasteiger partial charge on any atom is -0.497 e. The summed E-state index contributed by atoms with van der Waals surface area (Å²) in [6.07, 6.45) is 3.01. The van der Waals surface area contributed by atoms with Gasteiger partial charge in [0.25, 0.3) is 5.91 Å². The number of anilines is 3. The van der Waals surface area contributed by atoms with Gasteiger partial charge in [-0.3, -0.25) is 9.59 Å². The predicted molar refractivity (Wildman–Crippen MR) is 129 cm³/mol. The van der Waals surface area contributed by atoms with E-state index in [2.05, 4.69) is 10.6 Å². The lowest BCUT2D eigenvalue weighted by molar-refractivity contribution is -0.118. The summed E-state index contributed by atoms with van der Waals surface area (Å²) in [6.45, 7) is -0.219. The fourth-order valence-electron chi connectivity index (χ4n) is 2.88. The molecule has 0 bridgehead atoms. The maximum atomic E-state index is 12.3. The van der Waals surface area contributed by atoms with Crippen LogP contribution < -0.4 is 30.6 Å². The van der Waals surface area contributed by atoms with E-state index in [1.165, 1.54) is 13.2 Å². The summed E-state index contributed by atoms with van der Waals surface area (Å²) in [5, 5.41) is 5.47. The zero-order valence-electron chi connectivity index (χ0n) is 18.3. The molecule has 4 N–H and O–H groups in total. The number of ether oxygens (including phenoxy) is 3. The van der Waals surface area contributed by atoms with Crippen LogP contribution in [0.15, 0.2) is 72.8 Å². The van der Waals surface area contributed by atoms with E-state index < -0.39 is 0 Å². The first-order chi connectivity index (χ1) is 16.0. The number of nitrogens with two attached hydrogens (primary N) is 1. The first kappa shape index (κ1) is 23.2. The van der Waals surface area contributed by atoms with Crippen molar-refractivity contribution in [3.63, 3.8) is 0 Å². The molecule has 33 heavy (non-hydrogen) atoms. The van der Waals surface area contributed by atoms with Crippen LogP contribution in [-0.4, -0.2) is 32.6 Å². The number of hydrogen-bond acceptors (Lipinski definition) is 6. The van der Waals surface area contributed by atoms with Gasteiger partial charge in [-0.15, -0.1) is 0 Å². The Morgan fingerprint density at radius 1 is 0.909 bits per heavy atom. The van der Waals surface area contributed by atoms with Crippen LogP contribution in [0.5, 0.6) is 17.2 Å². The van der Waals surface area contributed by atoms with Crippen molar-refractivity contribution in [3.8, 4) is 17.2 Å². The molecule has 8 heteroatoms. The van der Waals surface area contributed by atoms with Crippen molar-refractivity contribution >= 4 is 35.0 Å². The summed E-state index contributed by atoms with van der Waals surface area (Å²) in [6, 6.07) is 19.1. The number of benzene rings is 3. The smallest absolute Gasteiger partial charge is 0.262 e. The molecule has 0 heterocycles. The highest BCUT2D eigenvalue weighted by Crippen LogP contribution is 2.28. The van der Waals surface area contributed by atoms with Gasteiger partial charge in [-0.25, -0.2) is 0 Å². The number of carbonyl (C=O) groups excluding carboxylic acids is 2. The number of methoxy groups -OCH3 is 2. The molecule has 3 aromatic carbocycles. The minimum atomic E-state index is -0.331. The van der Waals surface area contributed by atoms with Crippen molar-refractivity contribution in [1.29, 1.82) is 0 Å². The number of rotatable bonds is 9. The molecule has 0 atom stereocenters. The Hall–Kier alpha value is -4.46. The fourth-order valence-corrected chi connectivity index (χ4v) is 2.88. The molecule has 0 radical (unpaired) electrons. The maximum Gasteiger partial charge on any atom is 0.262 e. The molecule has 3 aromatic rings. The molecule has 0 aliphatic rings. The van der Waals surface area contributed by atoms with Crippen LogP contribution in [-0.2, 0) is 9.59 Å². The van der Waals surface area contributed by atoms with Crippen LogP contribution >= 0.6 is 0 Å². The second kappa shape index (κ2) is 11.2. The SMILES string of the molecule is COc1ccc(NC(=O)COc2cc(/C=C/C(=O)Nc3ccccc3N)ccc2OC)cc1. The molecular weight excluding hydrogens is 422 g/mol. The standard InChI is InChI=1S/C25H25N3O5/c1-31-19-11-9-18(10-12-19)27-25(30)16-33-23-15-17(7-13-22(23)32-2)8-14-24(29)28-21-6-4-3-5-20(21)26/h3-15H,16,26H2,1-2H3,(H,27,30)(H,28,29)/b14-8+. The lowest BCUT2D eigenvalue weighted by Gasteiger charge is -2.12. The molecule has 2 amide bonds. The quantitative estimate of drug-likeness (QED) is 0.338. The molecule has 170 valence electrons. The Kier molecular flexibility index (Phi) is 7.91. The summed E-state index contributed by atoms with van der Waals surface area (Å²) in [5.41, 5.74) is 8.17. The zero-order valence-corrected chi connectivity index (χ0v) is 18.3. The highest BCUT2D eigenvalue weighted by molar-refractivity contribution is 6.03. The van der Waals surface area contributed by atoms with Gasteiger partial charge in [0.2, 0.25) is 5.91 Å². The summed E-state index contributed by atoms with van der Waals surface area (Å²) >= 11 is 0. The molecule has 8 nitrogen and oxygen atoms in total. The van der Waals surface area contributed by atoms with Gasteiger partial charge >= 0.3 is 0 Å². The molecular formula is C25H25N3O5. The van der Waals surface area contributed by atoms with Gasteiger partial charge in [-0.2, -0.15) is 0 Å². The number of hydrogen-bond donors (Lipinski definition) is 3. The molecule has 0 spiro atoms. The van der Waals surface area contributed by atoms with Crippen LogP contribution in [0.25, 0.3) is 6.08 Å². The normalized spacial score (nSPS) is 10.5. The van der Waals surface area contributed by atoms with E-state index in [4.69, 9.17) is 19.9 Å². The summed E-state index contributed by atoms with van der Waals surface area (Å²) in [5.74, 6) is 0.871. The van der Waals surface area contributed by atoms with Crippen molar-refractivity contribution in [2.45, 2.75) is 0 Å². The van der Waals surface area contributed by atoms with Crippen LogP contribution in [0.3, 0.4) is 0 Å². The second-order valence-electron chi connectivity index (χ2n) is 6.89. The molecule has 3 rings (SSSR count). The third-order valence-corrected chi connectivity index (χ3v) is 4.57. The predicted octanol–water partition coefficient (Wildman–Crippen LogP) is 3.96. The number of carbonyl (C=O) groups is 2. The van der Waals surface area contributed by atoms with Crippen molar-refractivity contribution in [1.82, 2.24) is 0 Å². The van der Waals surface area contributed by atoms with Crippen LogP contribution in [0.4, 0.5) is 17.1 Å². The lowest BCUT2D eigenvalue weighted by Crippen LogP contribution is -2.20. The van der Waals surface area contributed by atoms with Gasteiger partial charge in [0.05, 0.1) is 25.6 Å². The van der Waals surface area contributed by atoms with E-state index in [1.54, 1.807) is 79.9 Å². The molecule has 0 saturated carbocycles. The largest absolute Gasteiger partial charge is 0.497 e.